The average Bonchev–Trinajstić information content (AvgIpc) is 1.54. The molecule has 14 atom stereocenters. The number of ether oxygens (including phenoxy) is 8. The first kappa shape index (κ1) is 75.3. The van der Waals surface area contributed by atoms with E-state index >= 15 is 87.8 Å². The van der Waals surface area contributed by atoms with Crippen molar-refractivity contribution < 1.29 is 135 Å². The van der Waals surface area contributed by atoms with Crippen LogP contribution in [0, 0.1) is 116 Å². The number of hydroxylamine groups is 4. The number of hydrogen-bond donors (Lipinski definition) is 2. The summed E-state index contributed by atoms with van der Waals surface area (Å²) in [5, 5.41) is 2.08. The highest BCUT2D eigenvalue weighted by Gasteiger charge is 2.67. The number of hydrogen-bond acceptors (Lipinski definition) is 14. The van der Waals surface area contributed by atoms with Gasteiger partial charge in [0.1, 0.15) is 48.8 Å². The summed E-state index contributed by atoms with van der Waals surface area (Å²) in [6.45, 7) is 4.72. The lowest BCUT2D eigenvalue weighted by Crippen LogP contribution is -2.47. The first-order valence-corrected chi connectivity index (χ1v) is 34.2. The van der Waals surface area contributed by atoms with Crippen molar-refractivity contribution in [2.45, 2.75) is 138 Å². The van der Waals surface area contributed by atoms with Crippen LogP contribution in [0.1, 0.15) is 85.6 Å². The monoisotopic (exact) mass is 1590 g/mol. The van der Waals surface area contributed by atoms with Gasteiger partial charge in [-0.25, -0.2) is 87.8 Å². The minimum atomic E-state index is -2.80. The van der Waals surface area contributed by atoms with E-state index in [2.05, 4.69) is 19.9 Å². The van der Waals surface area contributed by atoms with Gasteiger partial charge in [0, 0.05) is 71.6 Å². The Balaban J connectivity index is 1.11. The predicted octanol–water partition coefficient (Wildman–Crippen LogP) is 16.8. The second-order valence-electron chi connectivity index (χ2n) is 28.4. The second kappa shape index (κ2) is 27.1. The third-order valence-electron chi connectivity index (χ3n) is 21.1. The summed E-state index contributed by atoms with van der Waals surface area (Å²) in [7, 11) is 2.32. The summed E-state index contributed by atoms with van der Waals surface area (Å²) in [6.07, 6.45) is -16.5. The molecular formula is C76H52F20N6O10. The summed E-state index contributed by atoms with van der Waals surface area (Å²) in [5.74, 6) is -62.2. The number of benzene rings is 6. The molecule has 0 aliphatic carbocycles. The largest absolute Gasteiger partial charge is 0.354 e. The number of H-pyrrole nitrogens is 2. The molecule has 0 spiro atoms. The Morgan fingerprint density at radius 2 is 0.571 bits per heavy atom. The normalized spacial score (nSPS) is 26.4. The number of nitrogens with zero attached hydrogens (tertiary/aromatic N) is 4. The van der Waals surface area contributed by atoms with Gasteiger partial charge in [-0.15, -0.1) is 0 Å². The molecule has 112 heavy (non-hydrogen) atoms. The number of fused-ring (bicyclic) bond motifs is 16. The maximum atomic E-state index is 17.8. The van der Waals surface area contributed by atoms with Crippen LogP contribution < -0.4 is 0 Å². The molecule has 8 aliphatic heterocycles. The standard InChI is InChI=1S/C76H52F20N6O10/c1-75(2)107-69-67(105-73(103-5)71(69)109-75)63-37-59-29(33-39(77)47(85)55(93)48(86)40(33)78)25-17-18-26(97-25)30(34-41(79)49(87)56(94)50(88)42(34)80)60-38-64(68-70-72(74(104-6)106-68)110-76(3,4)108-70)102(22-24-15-11-8-12-16-24)112-66(38)62(100-60)32(36-45(83)53(91)58(96)54(92)46(36)84)28-20-19-27(98-28)31(35-43(81)51(89)57(95)52(90)44(35)82)61(99-59)65(37)111-101(63)21-23-13-9-7-10-14-23/h7-20,37-38,63-74,97-98H,21-22H2,1-6H3/t37-,38+,63+,64-,65+,66-,67-,68-,69-,70-,71-,72-,73-,74-/m1/s1. The summed E-state index contributed by atoms with van der Waals surface area (Å²) in [4.78, 5) is 28.0. The molecule has 6 aromatic carbocycles. The fourth-order valence-electron chi connectivity index (χ4n) is 16.6. The van der Waals surface area contributed by atoms with Gasteiger partial charge in [0.25, 0.3) is 0 Å². The second-order valence-corrected chi connectivity index (χ2v) is 28.4. The molecule has 2 N–H and O–H groups in total. The van der Waals surface area contributed by atoms with Gasteiger partial charge in [0.05, 0.1) is 68.9 Å². The van der Waals surface area contributed by atoms with Crippen molar-refractivity contribution in [3.05, 3.63) is 235 Å². The van der Waals surface area contributed by atoms with E-state index in [9.17, 15) is 0 Å². The quantitative estimate of drug-likeness (QED) is 0.0677. The van der Waals surface area contributed by atoms with E-state index in [1.807, 2.05) is 0 Å². The Labute approximate surface area is 617 Å². The van der Waals surface area contributed by atoms with E-state index in [4.69, 9.17) is 47.6 Å². The molecule has 0 amide bonds. The van der Waals surface area contributed by atoms with Crippen LogP contribution in [0.2, 0.25) is 0 Å². The number of aromatic amines is 2. The summed E-state index contributed by atoms with van der Waals surface area (Å²) < 4.78 is 387. The molecule has 17 rings (SSSR count). The predicted molar refractivity (Wildman–Crippen MR) is 346 cm³/mol. The van der Waals surface area contributed by atoms with Crippen molar-refractivity contribution in [1.82, 2.24) is 30.1 Å². The molecule has 586 valence electrons. The molecule has 8 bridgehead atoms. The molecule has 8 aliphatic rings. The third-order valence-corrected chi connectivity index (χ3v) is 21.1. The molecule has 9 aromatic rings. The van der Waals surface area contributed by atoms with Crippen molar-refractivity contribution in [2.75, 3.05) is 14.2 Å². The van der Waals surface area contributed by atoms with Crippen LogP contribution in [0.5, 0.6) is 0 Å². The van der Waals surface area contributed by atoms with Crippen molar-refractivity contribution in [3.63, 3.8) is 0 Å². The number of aromatic nitrogens is 4. The first-order valence-electron chi connectivity index (χ1n) is 34.2. The van der Waals surface area contributed by atoms with E-state index in [0.717, 1.165) is 24.3 Å². The lowest BCUT2D eigenvalue weighted by atomic mass is 9.82. The Bertz CT molecular complexity index is 5180. The van der Waals surface area contributed by atoms with Gasteiger partial charge in [-0.3, -0.25) is 19.6 Å². The smallest absolute Gasteiger partial charge is 0.200 e. The van der Waals surface area contributed by atoms with Crippen molar-refractivity contribution in [2.24, 2.45) is 0 Å². The summed E-state index contributed by atoms with van der Waals surface area (Å²) >= 11 is 0. The zero-order chi connectivity index (χ0) is 79.4. The fourth-order valence-corrected chi connectivity index (χ4v) is 16.6. The Kier molecular flexibility index (Phi) is 18.2. The minimum absolute atomic E-state index is 0.284. The molecule has 3 aromatic heterocycles. The minimum Gasteiger partial charge on any atom is -0.354 e. The van der Waals surface area contributed by atoms with Crippen LogP contribution in [0.4, 0.5) is 87.8 Å². The van der Waals surface area contributed by atoms with Crippen LogP contribution in [-0.4, -0.2) is 117 Å². The van der Waals surface area contributed by atoms with Crippen molar-refractivity contribution in [3.8, 4) is 44.5 Å². The SMILES string of the molecule is CO[C@@H]1O[C@H]([C@@H]2[C@H]3c4nc(c(-c5c(F)c(F)c(F)c(F)c5F)c5ccc([nH]5)c(-c5c(F)c(F)c(F)c(F)c5F)c5nc(c(-c6c(F)c(F)c(F)c(F)c6F)c6ccc([nH]6)c4-c4c(F)c(F)c(F)c(F)c4F)[C@H]4[C@H]([C@H]6O[C@@H](OC)[C@@H]7OC(C)(C)O[C@@H]76)N(Cc6ccccc6)O[C@@H]54)[C@H]3ON2Cc2ccccc2)[C@H]2OC(C)(C)O[C@@H]12. The van der Waals surface area contributed by atoms with Crippen LogP contribution in [0.3, 0.4) is 0 Å². The maximum Gasteiger partial charge on any atom is 0.200 e. The highest BCUT2D eigenvalue weighted by Crippen LogP contribution is 2.61. The van der Waals surface area contributed by atoms with Gasteiger partial charge in [-0.2, -0.15) is 10.1 Å². The molecule has 6 saturated heterocycles. The molecule has 16 nitrogen and oxygen atoms in total. The van der Waals surface area contributed by atoms with Gasteiger partial charge in [-0.1, -0.05) is 60.7 Å². The molecule has 11 heterocycles. The van der Waals surface area contributed by atoms with E-state index < -0.39 is 316 Å². The summed E-state index contributed by atoms with van der Waals surface area (Å²) in [5.41, 5.74) is -22.1. The van der Waals surface area contributed by atoms with Crippen LogP contribution in [-0.2, 0) is 60.7 Å². The highest BCUT2D eigenvalue weighted by molar-refractivity contribution is 5.94. The Hall–Kier alpha value is -9.44. The molecular weight excluding hydrogens is 1540 g/mol. The molecule has 36 heteroatoms. The van der Waals surface area contributed by atoms with Crippen LogP contribution in [0.15, 0.2) is 84.9 Å². The molecule has 6 fully saturated rings. The topological polar surface area (TPSA) is 156 Å². The molecule has 0 radical (unpaired) electrons. The Morgan fingerprint density at radius 1 is 0.321 bits per heavy atom. The average molecular weight is 1590 g/mol. The van der Waals surface area contributed by atoms with Crippen molar-refractivity contribution >= 4 is 22.1 Å². The number of rotatable bonds is 12. The maximum absolute atomic E-state index is 17.8. The lowest BCUT2D eigenvalue weighted by molar-refractivity contribution is -0.247. The highest BCUT2D eigenvalue weighted by atomic mass is 19.2. The van der Waals surface area contributed by atoms with Gasteiger partial charge >= 0.3 is 0 Å². The number of halogens is 20. The zero-order valence-electron chi connectivity index (χ0n) is 58.0. The Morgan fingerprint density at radius 3 is 0.839 bits per heavy atom. The number of methoxy groups -OCH3 is 2. The fraction of sp³-hybridized carbons (Fsp3) is 0.316. The van der Waals surface area contributed by atoms with Crippen molar-refractivity contribution in [1.29, 1.82) is 0 Å². The van der Waals surface area contributed by atoms with Gasteiger partial charge in [-0.05, 0) is 63.1 Å². The third kappa shape index (κ3) is 11.3. The zero-order valence-corrected chi connectivity index (χ0v) is 58.0. The van der Waals surface area contributed by atoms with E-state index in [0.29, 0.717) is 24.3 Å². The van der Waals surface area contributed by atoms with E-state index in [1.165, 1.54) is 76.2 Å². The number of nitrogens with one attached hydrogen (secondary N) is 2. The first-order chi connectivity index (χ1) is 53.3. The van der Waals surface area contributed by atoms with Gasteiger partial charge in [0.2, 0.25) is 23.3 Å². The van der Waals surface area contributed by atoms with Crippen LogP contribution >= 0.6 is 0 Å². The van der Waals surface area contributed by atoms with Crippen LogP contribution in [0.25, 0.3) is 66.6 Å². The molecule has 0 saturated carbocycles. The molecule has 0 unspecified atom stereocenters. The van der Waals surface area contributed by atoms with Gasteiger partial charge < -0.3 is 47.9 Å². The van der Waals surface area contributed by atoms with E-state index in [-0.39, 0.29) is 11.1 Å². The van der Waals surface area contributed by atoms with Gasteiger partial charge in [0.15, 0.2) is 117 Å². The lowest BCUT2D eigenvalue weighted by Gasteiger charge is -2.33. The van der Waals surface area contributed by atoms with E-state index in [1.54, 1.807) is 12.1 Å². The summed E-state index contributed by atoms with van der Waals surface area (Å²) in [6, 6.07) is 14.1.